The van der Waals surface area contributed by atoms with Crippen LogP contribution < -0.4 is 5.48 Å². The Hall–Kier alpha value is -0.570. The number of amides is 1. The fraction of sp³-hybridized carbons (Fsp3) is 0.909. The molecule has 0 spiro atoms. The Kier molecular flexibility index (Phi) is 2.77. The molecule has 0 aromatic rings. The van der Waals surface area contributed by atoms with Crippen LogP contribution in [0.3, 0.4) is 0 Å². The van der Waals surface area contributed by atoms with E-state index in [9.17, 15) is 4.79 Å². The molecular weight excluding hydrogens is 178 g/mol. The van der Waals surface area contributed by atoms with Crippen molar-refractivity contribution in [2.45, 2.75) is 33.1 Å². The van der Waals surface area contributed by atoms with Crippen LogP contribution in [0.15, 0.2) is 0 Å². The van der Waals surface area contributed by atoms with Gasteiger partial charge in [-0.25, -0.2) is 5.48 Å². The molecule has 0 bridgehead atoms. The lowest BCUT2D eigenvalue weighted by Crippen LogP contribution is -2.28. The van der Waals surface area contributed by atoms with Crippen molar-refractivity contribution >= 4 is 5.91 Å². The fourth-order valence-electron chi connectivity index (χ4n) is 2.56. The maximum atomic E-state index is 11.6. The summed E-state index contributed by atoms with van der Waals surface area (Å²) in [7, 11) is 0. The summed E-state index contributed by atoms with van der Waals surface area (Å²) in [4.78, 5) is 16.7. The molecule has 2 aliphatic carbocycles. The zero-order chi connectivity index (χ0) is 10.1. The highest BCUT2D eigenvalue weighted by Crippen LogP contribution is 2.57. The number of hydrogen-bond acceptors (Lipinski definition) is 2. The number of rotatable bonds is 4. The molecule has 1 amide bonds. The molecule has 0 heterocycles. The second kappa shape index (κ2) is 3.89. The van der Waals surface area contributed by atoms with Gasteiger partial charge in [0.25, 0.3) is 0 Å². The van der Waals surface area contributed by atoms with Gasteiger partial charge in [-0.05, 0) is 30.6 Å². The fourth-order valence-corrected chi connectivity index (χ4v) is 2.56. The van der Waals surface area contributed by atoms with E-state index in [0.29, 0.717) is 24.4 Å². The van der Waals surface area contributed by atoms with Crippen molar-refractivity contribution in [3.8, 4) is 0 Å². The smallest absolute Gasteiger partial charge is 0.247 e. The number of nitrogens with one attached hydrogen (secondary N) is 1. The molecule has 0 aliphatic heterocycles. The molecule has 2 atom stereocenters. The largest absolute Gasteiger partial charge is 0.273 e. The van der Waals surface area contributed by atoms with Gasteiger partial charge in [0, 0.05) is 5.92 Å². The monoisotopic (exact) mass is 197 g/mol. The van der Waals surface area contributed by atoms with E-state index in [1.165, 1.54) is 19.3 Å². The van der Waals surface area contributed by atoms with Gasteiger partial charge < -0.3 is 0 Å². The molecule has 0 radical (unpaired) electrons. The van der Waals surface area contributed by atoms with Crippen LogP contribution in [-0.4, -0.2) is 12.5 Å². The number of hydroxylamine groups is 1. The van der Waals surface area contributed by atoms with Crippen LogP contribution in [0.5, 0.6) is 0 Å². The van der Waals surface area contributed by atoms with E-state index in [4.69, 9.17) is 4.84 Å². The third kappa shape index (κ3) is 1.92. The molecule has 2 unspecified atom stereocenters. The maximum absolute atomic E-state index is 11.6. The molecule has 3 nitrogen and oxygen atoms in total. The highest BCUT2D eigenvalue weighted by molar-refractivity contribution is 5.81. The third-order valence-corrected chi connectivity index (χ3v) is 3.30. The molecular formula is C11H19NO2. The zero-order valence-corrected chi connectivity index (χ0v) is 8.95. The summed E-state index contributed by atoms with van der Waals surface area (Å²) < 4.78 is 0. The summed E-state index contributed by atoms with van der Waals surface area (Å²) >= 11 is 0. The Morgan fingerprint density at radius 1 is 1.43 bits per heavy atom. The van der Waals surface area contributed by atoms with E-state index in [2.05, 4.69) is 19.3 Å². The Labute approximate surface area is 85.2 Å². The SMILES string of the molecule is CC(C)CONC(=O)C1C2CCCC21. The molecule has 0 aromatic carbocycles. The van der Waals surface area contributed by atoms with E-state index in [-0.39, 0.29) is 11.8 Å². The molecule has 0 aromatic heterocycles. The van der Waals surface area contributed by atoms with Gasteiger partial charge in [-0.3, -0.25) is 9.63 Å². The Bertz CT molecular complexity index is 217. The quantitative estimate of drug-likeness (QED) is 0.697. The zero-order valence-electron chi connectivity index (χ0n) is 8.95. The molecule has 14 heavy (non-hydrogen) atoms. The van der Waals surface area contributed by atoms with Gasteiger partial charge in [0.15, 0.2) is 0 Å². The lowest BCUT2D eigenvalue weighted by molar-refractivity contribution is -0.136. The first-order chi connectivity index (χ1) is 6.70. The maximum Gasteiger partial charge on any atom is 0.247 e. The van der Waals surface area contributed by atoms with Gasteiger partial charge in [0.05, 0.1) is 6.61 Å². The molecule has 3 heteroatoms. The average Bonchev–Trinajstić information content (AvgIpc) is 2.60. The van der Waals surface area contributed by atoms with Gasteiger partial charge in [0.2, 0.25) is 5.91 Å². The highest BCUT2D eigenvalue weighted by atomic mass is 16.7. The number of carbonyl (C=O) groups is 1. The van der Waals surface area contributed by atoms with Crippen molar-refractivity contribution in [3.63, 3.8) is 0 Å². The predicted molar refractivity (Wildman–Crippen MR) is 53.3 cm³/mol. The van der Waals surface area contributed by atoms with Crippen molar-refractivity contribution in [1.29, 1.82) is 0 Å². The Morgan fingerprint density at radius 2 is 2.07 bits per heavy atom. The van der Waals surface area contributed by atoms with Gasteiger partial charge in [0.1, 0.15) is 0 Å². The highest BCUT2D eigenvalue weighted by Gasteiger charge is 2.56. The van der Waals surface area contributed by atoms with E-state index in [1.54, 1.807) is 0 Å². The summed E-state index contributed by atoms with van der Waals surface area (Å²) in [5, 5.41) is 0. The van der Waals surface area contributed by atoms with E-state index in [0.717, 1.165) is 0 Å². The minimum Gasteiger partial charge on any atom is -0.273 e. The third-order valence-electron chi connectivity index (χ3n) is 3.30. The van der Waals surface area contributed by atoms with Gasteiger partial charge >= 0.3 is 0 Å². The number of carbonyl (C=O) groups excluding carboxylic acids is 1. The minimum absolute atomic E-state index is 0.111. The van der Waals surface area contributed by atoms with Crippen molar-refractivity contribution < 1.29 is 9.63 Å². The predicted octanol–water partition coefficient (Wildman–Crippen LogP) is 1.74. The summed E-state index contributed by atoms with van der Waals surface area (Å²) in [6.45, 7) is 4.74. The lowest BCUT2D eigenvalue weighted by atomic mass is 10.1. The second-order valence-corrected chi connectivity index (χ2v) is 4.96. The van der Waals surface area contributed by atoms with Crippen LogP contribution in [-0.2, 0) is 9.63 Å². The summed E-state index contributed by atoms with van der Waals surface area (Å²) in [5.74, 6) is 2.21. The van der Waals surface area contributed by atoms with Gasteiger partial charge in [-0.1, -0.05) is 20.3 Å². The van der Waals surface area contributed by atoms with Crippen LogP contribution in [0.4, 0.5) is 0 Å². The van der Waals surface area contributed by atoms with Crippen LogP contribution in [0.2, 0.25) is 0 Å². The topological polar surface area (TPSA) is 38.3 Å². The standard InChI is InChI=1S/C11H19NO2/c1-7(2)6-14-12-11(13)10-8-4-3-5-9(8)10/h7-10H,3-6H2,1-2H3,(H,12,13). The summed E-state index contributed by atoms with van der Waals surface area (Å²) in [6.07, 6.45) is 3.80. The Morgan fingerprint density at radius 3 is 2.64 bits per heavy atom. The lowest BCUT2D eigenvalue weighted by Gasteiger charge is -2.08. The first-order valence-electron chi connectivity index (χ1n) is 5.62. The molecule has 1 N–H and O–H groups in total. The van der Waals surface area contributed by atoms with E-state index >= 15 is 0 Å². The van der Waals surface area contributed by atoms with Crippen molar-refractivity contribution in [1.82, 2.24) is 5.48 Å². The average molecular weight is 197 g/mol. The van der Waals surface area contributed by atoms with Crippen molar-refractivity contribution in [2.24, 2.45) is 23.7 Å². The molecule has 80 valence electrons. The van der Waals surface area contributed by atoms with Crippen LogP contribution in [0.25, 0.3) is 0 Å². The summed E-state index contributed by atoms with van der Waals surface area (Å²) in [5.41, 5.74) is 2.57. The first kappa shape index (κ1) is 9.97. The normalized spacial score (nSPS) is 34.4. The molecule has 0 saturated heterocycles. The second-order valence-electron chi connectivity index (χ2n) is 4.96. The number of fused-ring (bicyclic) bond motifs is 1. The van der Waals surface area contributed by atoms with Crippen LogP contribution in [0, 0.1) is 23.7 Å². The van der Waals surface area contributed by atoms with Gasteiger partial charge in [-0.15, -0.1) is 0 Å². The molecule has 2 saturated carbocycles. The van der Waals surface area contributed by atoms with Crippen LogP contribution in [0.1, 0.15) is 33.1 Å². The van der Waals surface area contributed by atoms with E-state index in [1.807, 2.05) is 0 Å². The van der Waals surface area contributed by atoms with Gasteiger partial charge in [-0.2, -0.15) is 0 Å². The van der Waals surface area contributed by atoms with Crippen molar-refractivity contribution in [3.05, 3.63) is 0 Å². The van der Waals surface area contributed by atoms with Crippen molar-refractivity contribution in [2.75, 3.05) is 6.61 Å². The molecule has 2 rings (SSSR count). The Balaban J connectivity index is 1.65. The first-order valence-corrected chi connectivity index (χ1v) is 5.62. The number of hydrogen-bond donors (Lipinski definition) is 1. The van der Waals surface area contributed by atoms with Crippen LogP contribution >= 0.6 is 0 Å². The minimum atomic E-state index is 0.111. The summed E-state index contributed by atoms with van der Waals surface area (Å²) in [6, 6.07) is 0. The van der Waals surface area contributed by atoms with E-state index < -0.39 is 0 Å². The molecule has 2 fully saturated rings. The molecule has 2 aliphatic rings.